The smallest absolute Gasteiger partial charge is 0.337 e. The second-order valence-corrected chi connectivity index (χ2v) is 5.22. The van der Waals surface area contributed by atoms with E-state index < -0.39 is 16.8 Å². The molecule has 2 aromatic rings. The van der Waals surface area contributed by atoms with Gasteiger partial charge in [0, 0.05) is 29.3 Å². The van der Waals surface area contributed by atoms with Gasteiger partial charge in [0.1, 0.15) is 0 Å². The van der Waals surface area contributed by atoms with E-state index in [-0.39, 0.29) is 39.6 Å². The van der Waals surface area contributed by atoms with Crippen LogP contribution in [0.3, 0.4) is 0 Å². The Morgan fingerprint density at radius 1 is 1.12 bits per heavy atom. The Labute approximate surface area is 148 Å². The summed E-state index contributed by atoms with van der Waals surface area (Å²) in [5, 5.41) is 22.8. The number of hydrogen-bond donors (Lipinski definition) is 2. The summed E-state index contributed by atoms with van der Waals surface area (Å²) in [6.07, 6.45) is 0. The van der Waals surface area contributed by atoms with E-state index >= 15 is 0 Å². The number of carbonyl (C=O) groups is 2. The van der Waals surface area contributed by atoms with Gasteiger partial charge in [0.15, 0.2) is 11.5 Å². The highest BCUT2D eigenvalue weighted by molar-refractivity contribution is 6.09. The molecule has 0 heterocycles. The largest absolute Gasteiger partial charge is 0.493 e. The second-order valence-electron chi connectivity index (χ2n) is 5.22. The standard InChI is InChI=1S/C17H16N2O7/c1-9-10(5-4-6-13(9)19(23)24)16(20)18-12-8-15(26-3)14(25-2)7-11(12)17(21)22/h4-8H,1-3H3,(H,18,20)(H,21,22). The molecule has 0 aliphatic rings. The Morgan fingerprint density at radius 2 is 1.73 bits per heavy atom. The van der Waals surface area contributed by atoms with Crippen LogP contribution in [0.2, 0.25) is 0 Å². The molecule has 0 aliphatic heterocycles. The first-order valence-corrected chi connectivity index (χ1v) is 7.34. The van der Waals surface area contributed by atoms with Gasteiger partial charge in [-0.2, -0.15) is 0 Å². The molecule has 2 rings (SSSR count). The van der Waals surface area contributed by atoms with Gasteiger partial charge in [-0.3, -0.25) is 14.9 Å². The van der Waals surface area contributed by atoms with Crippen molar-refractivity contribution in [1.82, 2.24) is 0 Å². The monoisotopic (exact) mass is 360 g/mol. The van der Waals surface area contributed by atoms with Crippen molar-refractivity contribution >= 4 is 23.3 Å². The summed E-state index contributed by atoms with van der Waals surface area (Å²) in [6.45, 7) is 1.44. The number of anilines is 1. The lowest BCUT2D eigenvalue weighted by Crippen LogP contribution is -2.16. The predicted octanol–water partition coefficient (Wildman–Crippen LogP) is 2.87. The Kier molecular flexibility index (Phi) is 5.41. The van der Waals surface area contributed by atoms with Crippen LogP contribution in [-0.2, 0) is 0 Å². The lowest BCUT2D eigenvalue weighted by Gasteiger charge is -2.14. The Balaban J connectivity index is 2.48. The van der Waals surface area contributed by atoms with Gasteiger partial charge in [-0.1, -0.05) is 6.07 Å². The van der Waals surface area contributed by atoms with Crippen molar-refractivity contribution in [3.05, 3.63) is 57.1 Å². The SMILES string of the molecule is COc1cc(NC(=O)c2cccc([N+](=O)[O-])c2C)c(C(=O)O)cc1OC. The first kappa shape index (κ1) is 18.7. The Bertz CT molecular complexity index is 893. The third-order valence-corrected chi connectivity index (χ3v) is 3.75. The van der Waals surface area contributed by atoms with E-state index in [4.69, 9.17) is 9.47 Å². The van der Waals surface area contributed by atoms with E-state index in [2.05, 4.69) is 5.32 Å². The number of hydrogen-bond acceptors (Lipinski definition) is 6. The molecule has 0 saturated heterocycles. The number of methoxy groups -OCH3 is 2. The Morgan fingerprint density at radius 3 is 2.27 bits per heavy atom. The number of carboxylic acid groups (broad SMARTS) is 1. The maximum absolute atomic E-state index is 12.5. The number of benzene rings is 2. The quantitative estimate of drug-likeness (QED) is 0.598. The van der Waals surface area contributed by atoms with Gasteiger partial charge in [0.05, 0.1) is 30.4 Å². The number of nitro groups is 1. The van der Waals surface area contributed by atoms with E-state index in [0.29, 0.717) is 0 Å². The molecule has 2 N–H and O–H groups in total. The van der Waals surface area contributed by atoms with Crippen molar-refractivity contribution in [3.8, 4) is 11.5 Å². The van der Waals surface area contributed by atoms with Crippen molar-refractivity contribution in [1.29, 1.82) is 0 Å². The second kappa shape index (κ2) is 7.51. The fraction of sp³-hybridized carbons (Fsp3) is 0.176. The van der Waals surface area contributed by atoms with Crippen molar-refractivity contribution in [3.63, 3.8) is 0 Å². The van der Waals surface area contributed by atoms with Gasteiger partial charge >= 0.3 is 5.97 Å². The summed E-state index contributed by atoms with van der Waals surface area (Å²) < 4.78 is 10.2. The van der Waals surface area contributed by atoms with E-state index in [1.807, 2.05) is 0 Å². The summed E-state index contributed by atoms with van der Waals surface area (Å²) in [4.78, 5) is 34.4. The normalized spacial score (nSPS) is 10.1. The van der Waals surface area contributed by atoms with Crippen LogP contribution in [0.4, 0.5) is 11.4 Å². The molecular weight excluding hydrogens is 344 g/mol. The van der Waals surface area contributed by atoms with Crippen LogP contribution >= 0.6 is 0 Å². The molecule has 0 aliphatic carbocycles. The van der Waals surface area contributed by atoms with E-state index in [1.165, 1.54) is 51.5 Å². The van der Waals surface area contributed by atoms with Crippen molar-refractivity contribution in [2.75, 3.05) is 19.5 Å². The topological polar surface area (TPSA) is 128 Å². The maximum Gasteiger partial charge on any atom is 0.337 e. The molecule has 0 bridgehead atoms. The molecule has 9 nitrogen and oxygen atoms in total. The molecule has 26 heavy (non-hydrogen) atoms. The lowest BCUT2D eigenvalue weighted by molar-refractivity contribution is -0.385. The number of nitrogens with one attached hydrogen (secondary N) is 1. The fourth-order valence-corrected chi connectivity index (χ4v) is 2.42. The lowest BCUT2D eigenvalue weighted by atomic mass is 10.1. The highest BCUT2D eigenvalue weighted by atomic mass is 16.6. The average Bonchev–Trinajstić information content (AvgIpc) is 2.60. The number of carbonyl (C=O) groups excluding carboxylic acids is 1. The molecule has 2 aromatic carbocycles. The molecule has 136 valence electrons. The van der Waals surface area contributed by atoms with Gasteiger partial charge in [-0.05, 0) is 13.0 Å². The van der Waals surface area contributed by atoms with Gasteiger partial charge in [-0.25, -0.2) is 4.79 Å². The third kappa shape index (κ3) is 3.56. The summed E-state index contributed by atoms with van der Waals surface area (Å²) >= 11 is 0. The van der Waals surface area contributed by atoms with Crippen LogP contribution in [0.25, 0.3) is 0 Å². The molecular formula is C17H16N2O7. The molecule has 0 atom stereocenters. The van der Waals surface area contributed by atoms with Crippen molar-refractivity contribution in [2.45, 2.75) is 6.92 Å². The highest BCUT2D eigenvalue weighted by Gasteiger charge is 2.21. The number of ether oxygens (including phenoxy) is 2. The van der Waals surface area contributed by atoms with E-state index in [9.17, 15) is 24.8 Å². The van der Waals surface area contributed by atoms with Gasteiger partial charge in [-0.15, -0.1) is 0 Å². The summed E-state index contributed by atoms with van der Waals surface area (Å²) in [7, 11) is 2.72. The molecule has 9 heteroatoms. The number of carboxylic acids is 1. The fourth-order valence-electron chi connectivity index (χ4n) is 2.42. The number of nitro benzene ring substituents is 1. The van der Waals surface area contributed by atoms with Crippen LogP contribution < -0.4 is 14.8 Å². The molecule has 0 radical (unpaired) electrons. The van der Waals surface area contributed by atoms with Crippen LogP contribution in [0, 0.1) is 17.0 Å². The van der Waals surface area contributed by atoms with Crippen LogP contribution in [0.1, 0.15) is 26.3 Å². The number of amides is 1. The van der Waals surface area contributed by atoms with Crippen LogP contribution in [0.15, 0.2) is 30.3 Å². The third-order valence-electron chi connectivity index (χ3n) is 3.75. The zero-order valence-corrected chi connectivity index (χ0v) is 14.2. The minimum absolute atomic E-state index is 0.0222. The first-order chi connectivity index (χ1) is 12.3. The molecule has 0 aromatic heterocycles. The van der Waals surface area contributed by atoms with Crippen molar-refractivity contribution in [2.24, 2.45) is 0 Å². The Hall–Kier alpha value is -3.62. The highest BCUT2D eigenvalue weighted by Crippen LogP contribution is 2.34. The number of aromatic carboxylic acids is 1. The summed E-state index contributed by atoms with van der Waals surface area (Å²) in [6, 6.07) is 6.61. The zero-order chi connectivity index (χ0) is 19.4. The summed E-state index contributed by atoms with van der Waals surface area (Å²) in [5.41, 5.74) is -0.203. The maximum atomic E-state index is 12.5. The molecule has 1 amide bonds. The van der Waals surface area contributed by atoms with E-state index in [1.54, 1.807) is 0 Å². The van der Waals surface area contributed by atoms with Crippen molar-refractivity contribution < 1.29 is 29.1 Å². The molecule has 0 spiro atoms. The molecule has 0 saturated carbocycles. The number of nitrogens with zero attached hydrogens (tertiary/aromatic N) is 1. The van der Waals surface area contributed by atoms with Gasteiger partial charge in [0.2, 0.25) is 0 Å². The predicted molar refractivity (Wildman–Crippen MR) is 92.3 cm³/mol. The van der Waals surface area contributed by atoms with E-state index in [0.717, 1.165) is 0 Å². The molecule has 0 fully saturated rings. The first-order valence-electron chi connectivity index (χ1n) is 7.34. The van der Waals surface area contributed by atoms with Gasteiger partial charge in [0.25, 0.3) is 11.6 Å². The zero-order valence-electron chi connectivity index (χ0n) is 14.2. The number of rotatable bonds is 6. The summed E-state index contributed by atoms with van der Waals surface area (Å²) in [5.74, 6) is -1.55. The average molecular weight is 360 g/mol. The van der Waals surface area contributed by atoms with Crippen LogP contribution in [0.5, 0.6) is 11.5 Å². The van der Waals surface area contributed by atoms with Crippen LogP contribution in [-0.4, -0.2) is 36.1 Å². The van der Waals surface area contributed by atoms with Gasteiger partial charge < -0.3 is 19.9 Å². The minimum atomic E-state index is -1.28. The molecule has 0 unspecified atom stereocenters. The minimum Gasteiger partial charge on any atom is -0.493 e.